The van der Waals surface area contributed by atoms with Crippen LogP contribution in [0.2, 0.25) is 0 Å². The Labute approximate surface area is 103 Å². The smallest absolute Gasteiger partial charge is 0.307 e. The zero-order valence-electron chi connectivity index (χ0n) is 10.6. The van der Waals surface area contributed by atoms with E-state index in [-0.39, 0.29) is 18.1 Å². The molecule has 4 heteroatoms. The van der Waals surface area contributed by atoms with E-state index in [2.05, 4.69) is 12.2 Å². The third-order valence-corrected chi connectivity index (χ3v) is 3.60. The van der Waals surface area contributed by atoms with Crippen LogP contribution in [0.1, 0.15) is 39.0 Å². The number of carbonyl (C=O) groups excluding carboxylic acids is 1. The first-order chi connectivity index (χ1) is 8.24. The van der Waals surface area contributed by atoms with Crippen molar-refractivity contribution in [3.05, 3.63) is 0 Å². The van der Waals surface area contributed by atoms with Crippen LogP contribution in [0.25, 0.3) is 0 Å². The highest BCUT2D eigenvalue weighted by Gasteiger charge is 2.24. The first-order valence-corrected chi connectivity index (χ1v) is 6.74. The molecule has 2 aliphatic rings. The molecule has 17 heavy (non-hydrogen) atoms. The van der Waals surface area contributed by atoms with Crippen LogP contribution in [0.3, 0.4) is 0 Å². The number of rotatable bonds is 3. The van der Waals surface area contributed by atoms with Gasteiger partial charge in [0.25, 0.3) is 0 Å². The molecule has 0 aromatic rings. The van der Waals surface area contributed by atoms with Crippen LogP contribution in [-0.4, -0.2) is 37.9 Å². The fourth-order valence-corrected chi connectivity index (χ4v) is 2.67. The van der Waals surface area contributed by atoms with E-state index in [0.717, 1.165) is 26.0 Å². The summed E-state index contributed by atoms with van der Waals surface area (Å²) < 4.78 is 10.8. The zero-order chi connectivity index (χ0) is 12.1. The first kappa shape index (κ1) is 12.8. The summed E-state index contributed by atoms with van der Waals surface area (Å²) in [7, 11) is 0. The molecular formula is C13H23NO3. The third kappa shape index (κ3) is 4.28. The molecule has 0 aromatic heterocycles. The van der Waals surface area contributed by atoms with Gasteiger partial charge in [-0.1, -0.05) is 13.3 Å². The van der Waals surface area contributed by atoms with E-state index in [1.807, 2.05) is 0 Å². The highest BCUT2D eigenvalue weighted by Crippen LogP contribution is 2.26. The summed E-state index contributed by atoms with van der Waals surface area (Å²) in [4.78, 5) is 11.8. The number of hydrogen-bond acceptors (Lipinski definition) is 4. The van der Waals surface area contributed by atoms with Gasteiger partial charge in [0, 0.05) is 12.6 Å². The average Bonchev–Trinajstić information content (AvgIpc) is 2.30. The Kier molecular flexibility index (Phi) is 4.80. The Bertz CT molecular complexity index is 251. The molecule has 1 aliphatic carbocycles. The number of morpholine rings is 1. The monoisotopic (exact) mass is 241 g/mol. The average molecular weight is 241 g/mol. The standard InChI is InChI=1S/C13H23NO3/c1-10-3-2-4-12(7-10)17-13(15)8-11-9-16-6-5-14-11/h10-12,14H,2-9H2,1H3. The number of nitrogens with one attached hydrogen (secondary N) is 1. The second-order valence-electron chi connectivity index (χ2n) is 5.31. The van der Waals surface area contributed by atoms with Crippen LogP contribution in [0.15, 0.2) is 0 Å². The molecule has 0 amide bonds. The van der Waals surface area contributed by atoms with E-state index in [1.165, 1.54) is 12.8 Å². The minimum absolute atomic E-state index is 0.0768. The summed E-state index contributed by atoms with van der Waals surface area (Å²) in [6.07, 6.45) is 5.10. The predicted octanol–water partition coefficient (Wildman–Crippen LogP) is 1.49. The zero-order valence-corrected chi connectivity index (χ0v) is 10.6. The second kappa shape index (κ2) is 6.36. The highest BCUT2D eigenvalue weighted by molar-refractivity contribution is 5.70. The van der Waals surface area contributed by atoms with Crippen molar-refractivity contribution >= 4 is 5.97 Å². The topological polar surface area (TPSA) is 47.6 Å². The molecule has 98 valence electrons. The lowest BCUT2D eigenvalue weighted by Crippen LogP contribution is -2.43. The van der Waals surface area contributed by atoms with Gasteiger partial charge in [-0.15, -0.1) is 0 Å². The maximum absolute atomic E-state index is 11.8. The van der Waals surface area contributed by atoms with E-state index in [4.69, 9.17) is 9.47 Å². The summed E-state index contributed by atoms with van der Waals surface area (Å²) in [6, 6.07) is 0.136. The molecule has 3 atom stereocenters. The van der Waals surface area contributed by atoms with Crippen molar-refractivity contribution in [1.82, 2.24) is 5.32 Å². The summed E-state index contributed by atoms with van der Waals surface area (Å²) in [5.74, 6) is 0.616. The molecular weight excluding hydrogens is 218 g/mol. The fourth-order valence-electron chi connectivity index (χ4n) is 2.67. The van der Waals surface area contributed by atoms with Crippen LogP contribution in [0.5, 0.6) is 0 Å². The van der Waals surface area contributed by atoms with Crippen LogP contribution < -0.4 is 5.32 Å². The van der Waals surface area contributed by atoms with Gasteiger partial charge in [-0.05, 0) is 25.2 Å². The third-order valence-electron chi connectivity index (χ3n) is 3.60. The lowest BCUT2D eigenvalue weighted by atomic mass is 9.89. The van der Waals surface area contributed by atoms with E-state index in [0.29, 0.717) is 18.9 Å². The van der Waals surface area contributed by atoms with Crippen LogP contribution in [0, 0.1) is 5.92 Å². The van der Waals surface area contributed by atoms with Crippen molar-refractivity contribution in [3.8, 4) is 0 Å². The summed E-state index contributed by atoms with van der Waals surface area (Å²) >= 11 is 0. The molecule has 2 fully saturated rings. The van der Waals surface area contributed by atoms with Crippen molar-refractivity contribution in [2.45, 2.75) is 51.2 Å². The predicted molar refractivity (Wildman–Crippen MR) is 64.7 cm³/mol. The first-order valence-electron chi connectivity index (χ1n) is 6.74. The van der Waals surface area contributed by atoms with E-state index >= 15 is 0 Å². The second-order valence-corrected chi connectivity index (χ2v) is 5.31. The van der Waals surface area contributed by atoms with Crippen molar-refractivity contribution < 1.29 is 14.3 Å². The van der Waals surface area contributed by atoms with Gasteiger partial charge in [-0.25, -0.2) is 0 Å². The lowest BCUT2D eigenvalue weighted by Gasteiger charge is -2.28. The SMILES string of the molecule is CC1CCCC(OC(=O)CC2COCCN2)C1. The van der Waals surface area contributed by atoms with Crippen molar-refractivity contribution in [2.24, 2.45) is 5.92 Å². The Balaban J connectivity index is 1.68. The normalized spacial score (nSPS) is 34.3. The number of carbonyl (C=O) groups is 1. The van der Waals surface area contributed by atoms with Gasteiger partial charge in [0.05, 0.1) is 19.6 Å². The Morgan fingerprint density at radius 1 is 1.47 bits per heavy atom. The molecule has 4 nitrogen and oxygen atoms in total. The largest absolute Gasteiger partial charge is 0.462 e. The van der Waals surface area contributed by atoms with Gasteiger partial charge >= 0.3 is 5.97 Å². The summed E-state index contributed by atoms with van der Waals surface area (Å²) in [6.45, 7) is 4.43. The van der Waals surface area contributed by atoms with E-state index in [1.54, 1.807) is 0 Å². The van der Waals surface area contributed by atoms with E-state index in [9.17, 15) is 4.79 Å². The summed E-state index contributed by atoms with van der Waals surface area (Å²) in [5.41, 5.74) is 0. The summed E-state index contributed by atoms with van der Waals surface area (Å²) in [5, 5.41) is 3.27. The molecule has 1 N–H and O–H groups in total. The molecule has 0 radical (unpaired) electrons. The van der Waals surface area contributed by atoms with Gasteiger partial charge in [0.15, 0.2) is 0 Å². The highest BCUT2D eigenvalue weighted by atomic mass is 16.5. The molecule has 0 aromatic carbocycles. The Morgan fingerprint density at radius 3 is 3.06 bits per heavy atom. The Morgan fingerprint density at radius 2 is 2.35 bits per heavy atom. The van der Waals surface area contributed by atoms with Crippen molar-refractivity contribution in [1.29, 1.82) is 0 Å². The molecule has 1 saturated carbocycles. The van der Waals surface area contributed by atoms with Gasteiger partial charge in [-0.2, -0.15) is 0 Å². The minimum atomic E-state index is -0.0768. The molecule has 1 aliphatic heterocycles. The Hall–Kier alpha value is -0.610. The molecule has 1 heterocycles. The number of esters is 1. The quantitative estimate of drug-likeness (QED) is 0.760. The van der Waals surface area contributed by atoms with Gasteiger partial charge in [0.1, 0.15) is 6.10 Å². The molecule has 1 saturated heterocycles. The number of hydrogen-bond donors (Lipinski definition) is 1. The maximum atomic E-state index is 11.8. The molecule has 3 unspecified atom stereocenters. The van der Waals surface area contributed by atoms with E-state index < -0.39 is 0 Å². The maximum Gasteiger partial charge on any atom is 0.307 e. The molecule has 0 spiro atoms. The van der Waals surface area contributed by atoms with Gasteiger partial charge < -0.3 is 14.8 Å². The minimum Gasteiger partial charge on any atom is -0.462 e. The lowest BCUT2D eigenvalue weighted by molar-refractivity contribution is -0.152. The van der Waals surface area contributed by atoms with Gasteiger partial charge in [-0.3, -0.25) is 4.79 Å². The van der Waals surface area contributed by atoms with Crippen LogP contribution >= 0.6 is 0 Å². The van der Waals surface area contributed by atoms with Gasteiger partial charge in [0.2, 0.25) is 0 Å². The van der Waals surface area contributed by atoms with Crippen molar-refractivity contribution in [2.75, 3.05) is 19.8 Å². The van der Waals surface area contributed by atoms with Crippen molar-refractivity contribution in [3.63, 3.8) is 0 Å². The number of ether oxygens (including phenoxy) is 2. The fraction of sp³-hybridized carbons (Fsp3) is 0.923. The van der Waals surface area contributed by atoms with Crippen LogP contribution in [-0.2, 0) is 14.3 Å². The molecule has 2 rings (SSSR count). The van der Waals surface area contributed by atoms with Crippen LogP contribution in [0.4, 0.5) is 0 Å². The molecule has 0 bridgehead atoms.